The minimum absolute atomic E-state index is 0.00796. The molecule has 1 aromatic heterocycles. The molecule has 0 bridgehead atoms. The first-order chi connectivity index (χ1) is 12.4. The van der Waals surface area contributed by atoms with Crippen molar-refractivity contribution in [2.45, 2.75) is 32.1 Å². The second-order valence-electron chi connectivity index (χ2n) is 6.16. The van der Waals surface area contributed by atoms with E-state index >= 15 is 0 Å². The zero-order chi connectivity index (χ0) is 18.8. The molecule has 0 saturated heterocycles. The molecule has 1 heterocycles. The van der Waals surface area contributed by atoms with Crippen LogP contribution in [0.1, 0.15) is 31.1 Å². The van der Waals surface area contributed by atoms with Crippen molar-refractivity contribution in [2.75, 3.05) is 0 Å². The molecule has 1 atom stereocenters. The Balaban J connectivity index is 2.25. The fraction of sp³-hybridized carbons (Fsp3) is 0.250. The Kier molecular flexibility index (Phi) is 5.38. The average molecular weight is 418 g/mol. The summed E-state index contributed by atoms with van der Waals surface area (Å²) in [5, 5.41) is 11.3. The van der Waals surface area contributed by atoms with Gasteiger partial charge in [0.25, 0.3) is 0 Å². The Bertz CT molecular complexity index is 945. The molecule has 3 rings (SSSR count). The molecule has 1 N–H and O–H groups in total. The molecule has 0 fully saturated rings. The SMILES string of the molecule is CC[AsH]c1cc2oc(-c3ccc(F)cc3)c(C(=O)O)c2cc1OC(C)C. The van der Waals surface area contributed by atoms with E-state index in [0.717, 1.165) is 15.3 Å². The van der Waals surface area contributed by atoms with Gasteiger partial charge in [-0.25, -0.2) is 0 Å². The van der Waals surface area contributed by atoms with Crippen molar-refractivity contribution < 1.29 is 23.4 Å². The predicted molar refractivity (Wildman–Crippen MR) is 102 cm³/mol. The summed E-state index contributed by atoms with van der Waals surface area (Å²) >= 11 is -0.401. The van der Waals surface area contributed by atoms with E-state index in [-0.39, 0.29) is 23.2 Å². The number of furan rings is 1. The zero-order valence-corrected chi connectivity index (χ0v) is 16.9. The molecule has 0 aliphatic carbocycles. The van der Waals surface area contributed by atoms with E-state index in [1.807, 2.05) is 19.9 Å². The third-order valence-electron chi connectivity index (χ3n) is 3.84. The predicted octanol–water partition coefficient (Wildman–Crippen LogP) is 4.22. The van der Waals surface area contributed by atoms with Crippen molar-refractivity contribution in [1.82, 2.24) is 0 Å². The van der Waals surface area contributed by atoms with Crippen molar-refractivity contribution in [2.24, 2.45) is 0 Å². The van der Waals surface area contributed by atoms with Crippen molar-refractivity contribution in [1.29, 1.82) is 0 Å². The zero-order valence-electron chi connectivity index (χ0n) is 14.8. The first kappa shape index (κ1) is 18.5. The molecule has 26 heavy (non-hydrogen) atoms. The van der Waals surface area contributed by atoms with E-state index in [4.69, 9.17) is 9.15 Å². The second-order valence-corrected chi connectivity index (χ2v) is 9.52. The quantitative estimate of drug-likeness (QED) is 0.609. The van der Waals surface area contributed by atoms with E-state index < -0.39 is 21.7 Å². The maximum atomic E-state index is 13.2. The number of rotatable bonds is 6. The normalized spacial score (nSPS) is 11.7. The van der Waals surface area contributed by atoms with Crippen LogP contribution in [0.4, 0.5) is 4.39 Å². The molecule has 0 radical (unpaired) electrons. The van der Waals surface area contributed by atoms with Gasteiger partial charge in [-0.3, -0.25) is 0 Å². The molecule has 6 heteroatoms. The number of carbonyl (C=O) groups is 1. The van der Waals surface area contributed by atoms with Crippen LogP contribution >= 0.6 is 0 Å². The van der Waals surface area contributed by atoms with Crippen LogP contribution in [0.5, 0.6) is 5.75 Å². The van der Waals surface area contributed by atoms with Crippen LogP contribution in [0, 0.1) is 5.82 Å². The number of benzene rings is 2. The van der Waals surface area contributed by atoms with Gasteiger partial charge in [-0.15, -0.1) is 0 Å². The number of halogens is 1. The van der Waals surface area contributed by atoms with Crippen LogP contribution in [-0.2, 0) is 0 Å². The number of fused-ring (bicyclic) bond motifs is 1. The van der Waals surface area contributed by atoms with Crippen LogP contribution in [0.2, 0.25) is 5.21 Å². The van der Waals surface area contributed by atoms with Crippen molar-refractivity contribution in [3.8, 4) is 17.1 Å². The number of carboxylic acids is 1. The summed E-state index contributed by atoms with van der Waals surface area (Å²) in [7, 11) is 0. The number of carboxylic acid groups (broad SMARTS) is 1. The Morgan fingerprint density at radius 3 is 2.54 bits per heavy atom. The number of hydrogen-bond donors (Lipinski definition) is 1. The molecule has 0 amide bonds. The Hall–Kier alpha value is -2.26. The third-order valence-corrected chi connectivity index (χ3v) is 6.20. The van der Waals surface area contributed by atoms with Gasteiger partial charge >= 0.3 is 157 Å². The summed E-state index contributed by atoms with van der Waals surface area (Å²) in [5.41, 5.74) is 1.12. The third kappa shape index (κ3) is 3.63. The summed E-state index contributed by atoms with van der Waals surface area (Å²) in [5.74, 6) is -0.511. The Morgan fingerprint density at radius 1 is 1.27 bits per heavy atom. The first-order valence-corrected chi connectivity index (χ1v) is 10.9. The van der Waals surface area contributed by atoms with Crippen LogP contribution in [0.25, 0.3) is 22.3 Å². The van der Waals surface area contributed by atoms with Crippen LogP contribution in [0.15, 0.2) is 40.8 Å². The summed E-state index contributed by atoms with van der Waals surface area (Å²) in [6.45, 7) is 6.01. The fourth-order valence-corrected chi connectivity index (χ4v) is 4.75. The standard InChI is InChI=1S/C20H20AsFO4/c1-4-21-15-10-16-14(9-17(15)25-11(2)3)18(20(23)24)19(26-16)12-5-7-13(22)8-6-12/h5-11,21H,4H2,1-3H3,(H,23,24). The van der Waals surface area contributed by atoms with E-state index in [1.165, 1.54) is 24.3 Å². The van der Waals surface area contributed by atoms with Gasteiger partial charge in [-0.1, -0.05) is 0 Å². The van der Waals surface area contributed by atoms with Gasteiger partial charge in [0.1, 0.15) is 0 Å². The molecule has 0 saturated carbocycles. The van der Waals surface area contributed by atoms with E-state index in [0.29, 0.717) is 16.5 Å². The van der Waals surface area contributed by atoms with Gasteiger partial charge in [0.2, 0.25) is 0 Å². The van der Waals surface area contributed by atoms with E-state index in [9.17, 15) is 14.3 Å². The van der Waals surface area contributed by atoms with Crippen molar-refractivity contribution >= 4 is 37.0 Å². The fourth-order valence-electron chi connectivity index (χ4n) is 2.82. The topological polar surface area (TPSA) is 59.7 Å². The first-order valence-electron chi connectivity index (χ1n) is 8.41. The maximum absolute atomic E-state index is 13.2. The summed E-state index contributed by atoms with van der Waals surface area (Å²) in [6, 6.07) is 9.28. The molecule has 2 aromatic carbocycles. The van der Waals surface area contributed by atoms with E-state index in [1.54, 1.807) is 6.07 Å². The summed E-state index contributed by atoms with van der Waals surface area (Å²) < 4.78 is 26.1. The summed E-state index contributed by atoms with van der Waals surface area (Å²) in [4.78, 5) is 11.9. The Labute approximate surface area is 157 Å². The Morgan fingerprint density at radius 2 is 1.96 bits per heavy atom. The summed E-state index contributed by atoms with van der Waals surface area (Å²) in [6.07, 6.45) is -0.00796. The van der Waals surface area contributed by atoms with Crippen LogP contribution in [-0.4, -0.2) is 32.9 Å². The second kappa shape index (κ2) is 7.54. The van der Waals surface area contributed by atoms with Gasteiger partial charge in [0, 0.05) is 0 Å². The van der Waals surface area contributed by atoms with Crippen molar-refractivity contribution in [3.05, 3.63) is 47.8 Å². The monoisotopic (exact) mass is 418 g/mol. The van der Waals surface area contributed by atoms with Gasteiger partial charge in [-0.05, 0) is 0 Å². The van der Waals surface area contributed by atoms with Crippen molar-refractivity contribution in [3.63, 3.8) is 0 Å². The molecule has 0 aliphatic heterocycles. The number of hydrogen-bond acceptors (Lipinski definition) is 3. The molecule has 0 spiro atoms. The molecule has 1 unspecified atom stereocenters. The number of aromatic carboxylic acids is 1. The molecule has 4 nitrogen and oxygen atoms in total. The van der Waals surface area contributed by atoms with Gasteiger partial charge < -0.3 is 0 Å². The average Bonchev–Trinajstić information content (AvgIpc) is 2.94. The van der Waals surface area contributed by atoms with Gasteiger partial charge in [-0.2, -0.15) is 0 Å². The van der Waals surface area contributed by atoms with Crippen LogP contribution < -0.4 is 9.09 Å². The van der Waals surface area contributed by atoms with Crippen LogP contribution in [0.3, 0.4) is 0 Å². The number of ether oxygens (including phenoxy) is 1. The molecule has 0 aliphatic rings. The molecule has 136 valence electrons. The van der Waals surface area contributed by atoms with Gasteiger partial charge in [0.15, 0.2) is 0 Å². The molecule has 3 aromatic rings. The minimum atomic E-state index is -1.09. The molecular weight excluding hydrogens is 398 g/mol. The van der Waals surface area contributed by atoms with E-state index in [2.05, 4.69) is 6.92 Å². The van der Waals surface area contributed by atoms with Gasteiger partial charge in [0.05, 0.1) is 0 Å². The molecular formula is C20H20AsFO4.